The Kier molecular flexibility index (Phi) is 9.32. The van der Waals surface area contributed by atoms with Gasteiger partial charge in [-0.1, -0.05) is 0 Å². The number of rotatable bonds is 5. The summed E-state index contributed by atoms with van der Waals surface area (Å²) in [5.41, 5.74) is 5.74. The van der Waals surface area contributed by atoms with Crippen LogP contribution in [0.4, 0.5) is 4.79 Å². The second-order valence-corrected chi connectivity index (χ2v) is 4.83. The quantitative estimate of drug-likeness (QED) is 0.772. The van der Waals surface area contributed by atoms with E-state index >= 15 is 0 Å². The number of amides is 3. The highest BCUT2D eigenvalue weighted by Gasteiger charge is 2.28. The van der Waals surface area contributed by atoms with Gasteiger partial charge in [-0.25, -0.2) is 4.79 Å². The number of piperazine rings is 1. The van der Waals surface area contributed by atoms with Crippen LogP contribution in [0.3, 0.4) is 0 Å². The summed E-state index contributed by atoms with van der Waals surface area (Å²) < 4.78 is 4.89. The Morgan fingerprint density at radius 3 is 2.05 bits per heavy atom. The number of nitrogens with zero attached hydrogens (tertiary/aromatic N) is 3. The number of ether oxygens (including phenoxy) is 1. The van der Waals surface area contributed by atoms with Crippen molar-refractivity contribution in [2.75, 3.05) is 53.0 Å². The number of nitrogens with two attached hydrogens (primary N) is 1. The maximum atomic E-state index is 12.2. The first kappa shape index (κ1) is 19.9. The molecule has 1 atom stereocenters. The Morgan fingerprint density at radius 1 is 1.14 bits per heavy atom. The zero-order valence-corrected chi connectivity index (χ0v) is 13.9. The number of methoxy groups -OCH3 is 1. The summed E-state index contributed by atoms with van der Waals surface area (Å²) >= 11 is 0. The molecule has 1 unspecified atom stereocenters. The molecule has 8 heteroatoms. The number of hydrogen-bond acceptors (Lipinski definition) is 4. The van der Waals surface area contributed by atoms with Crippen molar-refractivity contribution in [3.8, 4) is 0 Å². The minimum absolute atomic E-state index is 0. The molecule has 0 saturated carbocycles. The van der Waals surface area contributed by atoms with E-state index in [1.165, 1.54) is 7.11 Å². The predicted octanol–water partition coefficient (Wildman–Crippen LogP) is -0.0121. The van der Waals surface area contributed by atoms with Crippen molar-refractivity contribution in [3.05, 3.63) is 0 Å². The number of halogens is 1. The van der Waals surface area contributed by atoms with Crippen LogP contribution in [0.15, 0.2) is 0 Å². The highest BCUT2D eigenvalue weighted by atomic mass is 35.5. The van der Waals surface area contributed by atoms with E-state index in [-0.39, 0.29) is 31.0 Å². The number of carbonyl (C=O) groups is 2. The third-order valence-corrected chi connectivity index (χ3v) is 3.56. The molecule has 1 rings (SSSR count). The number of carbonyl (C=O) groups excluding carboxylic acids is 2. The van der Waals surface area contributed by atoms with Gasteiger partial charge in [-0.15, -0.1) is 12.4 Å². The highest BCUT2D eigenvalue weighted by Crippen LogP contribution is 2.07. The van der Waals surface area contributed by atoms with Gasteiger partial charge in [-0.05, 0) is 13.8 Å². The molecular formula is C13H27ClN4O3. The van der Waals surface area contributed by atoms with Crippen LogP contribution in [-0.2, 0) is 9.53 Å². The first-order valence-corrected chi connectivity index (χ1v) is 7.12. The number of hydrogen-bond donors (Lipinski definition) is 1. The number of urea groups is 1. The monoisotopic (exact) mass is 322 g/mol. The van der Waals surface area contributed by atoms with Crippen LogP contribution in [0.1, 0.15) is 13.8 Å². The topological polar surface area (TPSA) is 79.1 Å². The maximum absolute atomic E-state index is 12.2. The minimum Gasteiger partial charge on any atom is -0.383 e. The highest BCUT2D eigenvalue weighted by molar-refractivity contribution is 5.85. The Bertz CT molecular complexity index is 331. The van der Waals surface area contributed by atoms with Gasteiger partial charge in [0.1, 0.15) is 6.04 Å². The van der Waals surface area contributed by atoms with Gasteiger partial charge in [0.25, 0.3) is 0 Å². The van der Waals surface area contributed by atoms with Crippen molar-refractivity contribution in [2.24, 2.45) is 5.73 Å². The molecule has 1 fully saturated rings. The fraction of sp³-hybridized carbons (Fsp3) is 0.846. The lowest BCUT2D eigenvalue weighted by Crippen LogP contribution is -2.57. The summed E-state index contributed by atoms with van der Waals surface area (Å²) in [7, 11) is 1.52. The molecule has 1 aliphatic heterocycles. The maximum Gasteiger partial charge on any atom is 0.320 e. The van der Waals surface area contributed by atoms with E-state index in [2.05, 4.69) is 0 Å². The fourth-order valence-electron chi connectivity index (χ4n) is 2.30. The smallest absolute Gasteiger partial charge is 0.320 e. The molecule has 1 saturated heterocycles. The molecule has 2 N–H and O–H groups in total. The van der Waals surface area contributed by atoms with Crippen LogP contribution in [0.25, 0.3) is 0 Å². The Balaban J connectivity index is 0.00000400. The van der Waals surface area contributed by atoms with Crippen LogP contribution in [0.5, 0.6) is 0 Å². The van der Waals surface area contributed by atoms with Crippen LogP contribution in [0.2, 0.25) is 0 Å². The Morgan fingerprint density at radius 2 is 1.62 bits per heavy atom. The van der Waals surface area contributed by atoms with E-state index in [1.54, 1.807) is 14.7 Å². The minimum atomic E-state index is -0.620. The second kappa shape index (κ2) is 9.81. The van der Waals surface area contributed by atoms with Gasteiger partial charge in [-0.2, -0.15) is 0 Å². The lowest BCUT2D eigenvalue weighted by Gasteiger charge is -2.37. The summed E-state index contributed by atoms with van der Waals surface area (Å²) in [5.74, 6) is -0.109. The van der Waals surface area contributed by atoms with E-state index in [0.29, 0.717) is 39.3 Å². The second-order valence-electron chi connectivity index (χ2n) is 4.83. The molecule has 1 heterocycles. The van der Waals surface area contributed by atoms with Crippen molar-refractivity contribution in [3.63, 3.8) is 0 Å². The van der Waals surface area contributed by atoms with E-state index in [4.69, 9.17) is 10.5 Å². The van der Waals surface area contributed by atoms with E-state index in [9.17, 15) is 9.59 Å². The zero-order valence-electron chi connectivity index (χ0n) is 13.1. The van der Waals surface area contributed by atoms with Crippen molar-refractivity contribution in [1.82, 2.24) is 14.7 Å². The molecule has 0 aromatic heterocycles. The SMILES string of the molecule is CCN(CC)C(=O)N1CCN(C(=O)C(N)COC)CC1.Cl. The molecule has 0 radical (unpaired) electrons. The third-order valence-electron chi connectivity index (χ3n) is 3.56. The lowest BCUT2D eigenvalue weighted by molar-refractivity contribution is -0.135. The lowest BCUT2D eigenvalue weighted by atomic mass is 10.2. The molecule has 21 heavy (non-hydrogen) atoms. The fourth-order valence-corrected chi connectivity index (χ4v) is 2.30. The molecule has 124 valence electrons. The van der Waals surface area contributed by atoms with Crippen LogP contribution >= 0.6 is 12.4 Å². The summed E-state index contributed by atoms with van der Waals surface area (Å²) in [6.07, 6.45) is 0. The average molecular weight is 323 g/mol. The van der Waals surface area contributed by atoms with Crippen molar-refractivity contribution < 1.29 is 14.3 Å². The van der Waals surface area contributed by atoms with Crippen LogP contribution in [0, 0.1) is 0 Å². The van der Waals surface area contributed by atoms with Gasteiger partial charge in [0, 0.05) is 46.4 Å². The van der Waals surface area contributed by atoms with Crippen LogP contribution in [-0.4, -0.2) is 85.7 Å². The predicted molar refractivity (Wildman–Crippen MR) is 83.6 cm³/mol. The van der Waals surface area contributed by atoms with Gasteiger partial charge >= 0.3 is 6.03 Å². The molecule has 7 nitrogen and oxygen atoms in total. The normalized spacial score (nSPS) is 16.2. The standard InChI is InChI=1S/C13H26N4O3.ClH/c1-4-15(5-2)13(19)17-8-6-16(7-9-17)12(18)11(14)10-20-3;/h11H,4-10,14H2,1-3H3;1H. The molecule has 0 aromatic carbocycles. The van der Waals surface area contributed by atoms with E-state index in [1.807, 2.05) is 13.8 Å². The van der Waals surface area contributed by atoms with Crippen LogP contribution < -0.4 is 5.73 Å². The zero-order chi connectivity index (χ0) is 15.1. The molecule has 0 bridgehead atoms. The molecule has 3 amide bonds. The summed E-state index contributed by atoms with van der Waals surface area (Å²) in [4.78, 5) is 29.5. The van der Waals surface area contributed by atoms with Gasteiger partial charge in [0.15, 0.2) is 0 Å². The van der Waals surface area contributed by atoms with Gasteiger partial charge < -0.3 is 25.2 Å². The van der Waals surface area contributed by atoms with Crippen molar-refractivity contribution >= 4 is 24.3 Å². The first-order valence-electron chi connectivity index (χ1n) is 7.12. The summed E-state index contributed by atoms with van der Waals surface area (Å²) in [5, 5.41) is 0. The Labute approximate surface area is 132 Å². The van der Waals surface area contributed by atoms with Crippen molar-refractivity contribution in [1.29, 1.82) is 0 Å². The van der Waals surface area contributed by atoms with E-state index < -0.39 is 6.04 Å². The molecular weight excluding hydrogens is 296 g/mol. The largest absolute Gasteiger partial charge is 0.383 e. The third kappa shape index (κ3) is 5.33. The van der Waals surface area contributed by atoms with Gasteiger partial charge in [0.05, 0.1) is 6.61 Å². The van der Waals surface area contributed by atoms with Gasteiger partial charge in [-0.3, -0.25) is 4.79 Å². The Hall–Kier alpha value is -1.05. The molecule has 0 aromatic rings. The van der Waals surface area contributed by atoms with Gasteiger partial charge in [0.2, 0.25) is 5.91 Å². The van der Waals surface area contributed by atoms with Crippen molar-refractivity contribution in [2.45, 2.75) is 19.9 Å². The molecule has 0 spiro atoms. The summed E-state index contributed by atoms with van der Waals surface area (Å²) in [6.45, 7) is 7.72. The summed E-state index contributed by atoms with van der Waals surface area (Å²) in [6, 6.07) is -0.576. The molecule has 1 aliphatic rings. The average Bonchev–Trinajstić information content (AvgIpc) is 2.48. The van der Waals surface area contributed by atoms with E-state index in [0.717, 1.165) is 0 Å². The first-order chi connectivity index (χ1) is 9.54. The molecule has 0 aliphatic carbocycles.